The molecule has 10 heteroatoms. The maximum atomic E-state index is 14.0. The van der Waals surface area contributed by atoms with Crippen LogP contribution in [0.25, 0.3) is 11.4 Å². The molecular formula is C18H14F3N3O3S. The molecule has 0 bridgehead atoms. The number of carbonyl (C=O) groups is 1. The van der Waals surface area contributed by atoms with Gasteiger partial charge >= 0.3 is 0 Å². The maximum Gasteiger partial charge on any atom is 0.257 e. The molecule has 0 fully saturated rings. The van der Waals surface area contributed by atoms with Gasteiger partial charge in [-0.25, -0.2) is 26.6 Å². The quantitative estimate of drug-likeness (QED) is 0.718. The number of sulfone groups is 1. The molecule has 6 nitrogen and oxygen atoms in total. The molecule has 0 unspecified atom stereocenters. The largest absolute Gasteiger partial charge is 0.348 e. The molecule has 2 aromatic heterocycles. The van der Waals surface area contributed by atoms with Crippen LogP contribution in [0, 0.1) is 17.5 Å². The number of nitrogens with one attached hydrogen (secondary N) is 1. The number of aromatic nitrogens is 2. The van der Waals surface area contributed by atoms with E-state index in [4.69, 9.17) is 0 Å². The van der Waals surface area contributed by atoms with Crippen molar-refractivity contribution in [2.24, 2.45) is 7.05 Å². The van der Waals surface area contributed by atoms with Crippen LogP contribution < -0.4 is 5.32 Å². The zero-order chi connectivity index (χ0) is 20.6. The second kappa shape index (κ2) is 7.12. The Morgan fingerprint density at radius 1 is 1.07 bits per heavy atom. The van der Waals surface area contributed by atoms with Crippen LogP contribution in [0.5, 0.6) is 0 Å². The topological polar surface area (TPSA) is 81.1 Å². The normalized spacial score (nSPS) is 11.5. The summed E-state index contributed by atoms with van der Waals surface area (Å²) in [5.41, 5.74) is 0.113. The van der Waals surface area contributed by atoms with E-state index >= 15 is 0 Å². The third-order valence-corrected chi connectivity index (χ3v) is 4.97. The molecule has 146 valence electrons. The molecule has 1 amide bonds. The minimum atomic E-state index is -3.67. The van der Waals surface area contributed by atoms with Crippen molar-refractivity contribution in [1.82, 2.24) is 9.55 Å². The number of rotatable bonds is 4. The molecule has 0 saturated heterocycles. The van der Waals surface area contributed by atoms with Gasteiger partial charge < -0.3 is 9.88 Å². The zero-order valence-electron chi connectivity index (χ0n) is 14.7. The van der Waals surface area contributed by atoms with Gasteiger partial charge in [-0.15, -0.1) is 0 Å². The lowest BCUT2D eigenvalue weighted by molar-refractivity contribution is 0.102. The fourth-order valence-corrected chi connectivity index (χ4v) is 3.25. The van der Waals surface area contributed by atoms with Gasteiger partial charge in [0.1, 0.15) is 17.3 Å². The van der Waals surface area contributed by atoms with Crippen LogP contribution >= 0.6 is 0 Å². The number of amides is 1. The maximum absolute atomic E-state index is 14.0. The van der Waals surface area contributed by atoms with Crippen molar-refractivity contribution in [3.05, 3.63) is 65.7 Å². The molecule has 0 aliphatic heterocycles. The summed E-state index contributed by atoms with van der Waals surface area (Å²) in [6.07, 6.45) is 3.15. The molecule has 0 aliphatic rings. The molecule has 2 heterocycles. The van der Waals surface area contributed by atoms with Gasteiger partial charge in [0.15, 0.2) is 15.7 Å². The Kier molecular flexibility index (Phi) is 4.99. The third-order valence-electron chi connectivity index (χ3n) is 3.87. The number of hydrogen-bond acceptors (Lipinski definition) is 4. The highest BCUT2D eigenvalue weighted by Crippen LogP contribution is 2.24. The Hall–Kier alpha value is -3.14. The molecule has 1 N–H and O–H groups in total. The average Bonchev–Trinajstić information content (AvgIpc) is 2.95. The summed E-state index contributed by atoms with van der Waals surface area (Å²) in [7, 11) is -2.13. The van der Waals surface area contributed by atoms with Gasteiger partial charge in [0.2, 0.25) is 0 Å². The third kappa shape index (κ3) is 4.06. The summed E-state index contributed by atoms with van der Waals surface area (Å²) < 4.78 is 65.3. The van der Waals surface area contributed by atoms with Crippen molar-refractivity contribution in [2.45, 2.75) is 4.90 Å². The van der Waals surface area contributed by atoms with Crippen molar-refractivity contribution >= 4 is 21.4 Å². The van der Waals surface area contributed by atoms with E-state index in [0.29, 0.717) is 6.07 Å². The van der Waals surface area contributed by atoms with Gasteiger partial charge in [0.25, 0.3) is 5.91 Å². The number of hydrogen-bond donors (Lipinski definition) is 1. The van der Waals surface area contributed by atoms with Crippen molar-refractivity contribution in [2.75, 3.05) is 11.6 Å². The molecule has 0 spiro atoms. The minimum Gasteiger partial charge on any atom is -0.348 e. The van der Waals surface area contributed by atoms with Gasteiger partial charge in [-0.3, -0.25) is 4.79 Å². The lowest BCUT2D eigenvalue weighted by Gasteiger charge is -2.06. The number of carbonyl (C=O) groups excluding carboxylic acids is 1. The van der Waals surface area contributed by atoms with E-state index in [0.717, 1.165) is 30.7 Å². The first kappa shape index (κ1) is 19.6. The zero-order valence-corrected chi connectivity index (χ0v) is 15.5. The minimum absolute atomic E-state index is 0.0538. The monoisotopic (exact) mass is 409 g/mol. The fourth-order valence-electron chi connectivity index (χ4n) is 2.58. The Morgan fingerprint density at radius 3 is 2.43 bits per heavy atom. The number of anilines is 1. The second-order valence-corrected chi connectivity index (χ2v) is 8.13. The van der Waals surface area contributed by atoms with Gasteiger partial charge in [-0.2, -0.15) is 0 Å². The molecule has 3 aromatic rings. The van der Waals surface area contributed by atoms with E-state index in [9.17, 15) is 26.4 Å². The van der Waals surface area contributed by atoms with Gasteiger partial charge in [0.05, 0.1) is 22.3 Å². The average molecular weight is 409 g/mol. The number of nitrogens with zero attached hydrogens (tertiary/aromatic N) is 2. The van der Waals surface area contributed by atoms with Crippen molar-refractivity contribution in [1.29, 1.82) is 0 Å². The Morgan fingerprint density at radius 2 is 1.79 bits per heavy atom. The van der Waals surface area contributed by atoms with Crippen LogP contribution in [0.1, 0.15) is 10.4 Å². The molecule has 0 saturated carbocycles. The lowest BCUT2D eigenvalue weighted by atomic mass is 10.2. The highest BCUT2D eigenvalue weighted by Gasteiger charge is 2.17. The molecule has 0 aliphatic carbocycles. The summed E-state index contributed by atoms with van der Waals surface area (Å²) in [6.45, 7) is 0. The first-order valence-electron chi connectivity index (χ1n) is 7.84. The highest BCUT2D eigenvalue weighted by atomic mass is 32.2. The Balaban J connectivity index is 1.92. The van der Waals surface area contributed by atoms with Gasteiger partial charge in [0, 0.05) is 31.3 Å². The van der Waals surface area contributed by atoms with E-state index in [-0.39, 0.29) is 27.5 Å². The SMILES string of the molecule is Cn1cc(C(=O)Nc2cc(F)cc(S(C)(=O)=O)c2)cc1-c1ncc(F)cc1F. The van der Waals surface area contributed by atoms with Gasteiger partial charge in [-0.1, -0.05) is 0 Å². The van der Waals surface area contributed by atoms with Crippen molar-refractivity contribution in [3.63, 3.8) is 0 Å². The molecule has 1 aromatic carbocycles. The number of pyridine rings is 1. The van der Waals surface area contributed by atoms with Crippen molar-refractivity contribution < 1.29 is 26.4 Å². The van der Waals surface area contributed by atoms with E-state index in [1.54, 1.807) is 7.05 Å². The van der Waals surface area contributed by atoms with Crippen LogP contribution in [0.3, 0.4) is 0 Å². The fraction of sp³-hybridized carbons (Fsp3) is 0.111. The van der Waals surface area contributed by atoms with E-state index in [1.165, 1.54) is 16.8 Å². The van der Waals surface area contributed by atoms with Crippen LogP contribution in [0.4, 0.5) is 18.9 Å². The number of benzene rings is 1. The lowest BCUT2D eigenvalue weighted by Crippen LogP contribution is -2.12. The van der Waals surface area contributed by atoms with E-state index in [1.807, 2.05) is 0 Å². The number of halogens is 3. The first-order valence-corrected chi connectivity index (χ1v) is 9.73. The van der Waals surface area contributed by atoms with Crippen LogP contribution in [-0.2, 0) is 16.9 Å². The number of aryl methyl sites for hydroxylation is 1. The summed E-state index contributed by atoms with van der Waals surface area (Å²) in [4.78, 5) is 15.9. The van der Waals surface area contributed by atoms with Gasteiger partial charge in [-0.05, 0) is 24.3 Å². The second-order valence-electron chi connectivity index (χ2n) is 6.11. The Bertz CT molecular complexity index is 1190. The molecular weight excluding hydrogens is 395 g/mol. The Labute approximate surface area is 158 Å². The van der Waals surface area contributed by atoms with Crippen LogP contribution in [0.15, 0.2) is 47.6 Å². The first-order chi connectivity index (χ1) is 13.0. The summed E-state index contributed by atoms with van der Waals surface area (Å²) in [5.74, 6) is -3.23. The summed E-state index contributed by atoms with van der Waals surface area (Å²) in [6, 6.07) is 4.94. The molecule has 0 radical (unpaired) electrons. The smallest absolute Gasteiger partial charge is 0.257 e. The molecule has 3 rings (SSSR count). The standard InChI is InChI=1S/C18H14F3N3O3S/c1-24-9-10(3-16(24)17-15(21)6-12(20)8-22-17)18(25)23-13-4-11(19)5-14(7-13)28(2,26)27/h3-9H,1-2H3,(H,23,25). The summed E-state index contributed by atoms with van der Waals surface area (Å²) >= 11 is 0. The molecule has 28 heavy (non-hydrogen) atoms. The van der Waals surface area contributed by atoms with Crippen molar-refractivity contribution in [3.8, 4) is 11.4 Å². The van der Waals surface area contributed by atoms with E-state index in [2.05, 4.69) is 10.3 Å². The predicted octanol–water partition coefficient (Wildman–Crippen LogP) is 3.16. The molecule has 0 atom stereocenters. The highest BCUT2D eigenvalue weighted by molar-refractivity contribution is 7.90. The van der Waals surface area contributed by atoms with Crippen LogP contribution in [0.2, 0.25) is 0 Å². The predicted molar refractivity (Wildman–Crippen MR) is 96.0 cm³/mol. The van der Waals surface area contributed by atoms with Crippen LogP contribution in [-0.4, -0.2) is 30.1 Å². The van der Waals surface area contributed by atoms with E-state index < -0.39 is 33.2 Å². The summed E-state index contributed by atoms with van der Waals surface area (Å²) in [5, 5.41) is 2.40.